The van der Waals surface area contributed by atoms with Crippen molar-refractivity contribution in [2.75, 3.05) is 0 Å². The Hall–Kier alpha value is -2.72. The summed E-state index contributed by atoms with van der Waals surface area (Å²) in [5, 5.41) is 2.06. The second-order valence-corrected chi connectivity index (χ2v) is 5.81. The predicted molar refractivity (Wildman–Crippen MR) is 92.2 cm³/mol. The molecule has 3 aromatic heterocycles. The lowest BCUT2D eigenvalue weighted by Gasteiger charge is -1.98. The number of rotatable bonds is 3. The minimum absolute atomic E-state index is 0.863. The van der Waals surface area contributed by atoms with Gasteiger partial charge in [-0.05, 0) is 29.1 Å². The second-order valence-electron chi connectivity index (χ2n) is 4.86. The number of fused-ring (bicyclic) bond motifs is 1. The van der Waals surface area contributed by atoms with Crippen molar-refractivity contribution in [1.82, 2.24) is 9.38 Å². The predicted octanol–water partition coefficient (Wildman–Crippen LogP) is 4.81. The molecule has 0 aliphatic rings. The molecule has 0 saturated carbocycles. The number of pyridine rings is 1. The molecule has 4 aromatic rings. The molecule has 3 nitrogen and oxygen atoms in total. The Balaban J connectivity index is 1.88. The molecule has 3 heterocycles. The zero-order chi connectivity index (χ0) is 14.8. The van der Waals surface area contributed by atoms with E-state index in [0.29, 0.717) is 0 Å². The molecule has 0 bridgehead atoms. The first-order valence-corrected chi connectivity index (χ1v) is 7.90. The van der Waals surface area contributed by atoms with Crippen LogP contribution in [-0.4, -0.2) is 15.6 Å². The van der Waals surface area contributed by atoms with E-state index in [9.17, 15) is 0 Å². The summed E-state index contributed by atoms with van der Waals surface area (Å²) in [7, 11) is 0. The van der Waals surface area contributed by atoms with Gasteiger partial charge in [-0.25, -0.2) is 9.98 Å². The first kappa shape index (κ1) is 13.0. The minimum atomic E-state index is 0.863. The number of aromatic nitrogens is 2. The van der Waals surface area contributed by atoms with Crippen molar-refractivity contribution in [3.05, 3.63) is 77.8 Å². The van der Waals surface area contributed by atoms with Crippen LogP contribution in [0.15, 0.2) is 77.2 Å². The van der Waals surface area contributed by atoms with E-state index in [1.807, 2.05) is 71.4 Å². The molecule has 0 fully saturated rings. The van der Waals surface area contributed by atoms with Gasteiger partial charge in [0.15, 0.2) is 5.82 Å². The summed E-state index contributed by atoms with van der Waals surface area (Å²) in [5.74, 6) is 0.863. The molecule has 0 atom stereocenters. The third kappa shape index (κ3) is 2.34. The first-order valence-electron chi connectivity index (χ1n) is 7.02. The monoisotopic (exact) mass is 303 g/mol. The fourth-order valence-corrected chi connectivity index (χ4v) is 3.07. The van der Waals surface area contributed by atoms with Gasteiger partial charge in [-0.15, -0.1) is 11.3 Å². The normalized spacial score (nSPS) is 11.5. The molecule has 0 spiro atoms. The lowest BCUT2D eigenvalue weighted by molar-refractivity contribution is 1.17. The summed E-state index contributed by atoms with van der Waals surface area (Å²) >= 11 is 1.68. The second kappa shape index (κ2) is 5.58. The van der Waals surface area contributed by atoms with Gasteiger partial charge in [-0.2, -0.15) is 0 Å². The summed E-state index contributed by atoms with van der Waals surface area (Å²) in [4.78, 5) is 10.6. The van der Waals surface area contributed by atoms with E-state index in [1.165, 1.54) is 0 Å². The smallest absolute Gasteiger partial charge is 0.165 e. The molecule has 1 aromatic carbocycles. The third-order valence-corrected chi connectivity index (χ3v) is 4.27. The zero-order valence-corrected chi connectivity index (χ0v) is 12.6. The van der Waals surface area contributed by atoms with E-state index >= 15 is 0 Å². The number of thiophene rings is 1. The van der Waals surface area contributed by atoms with E-state index in [4.69, 9.17) is 9.98 Å². The summed E-state index contributed by atoms with van der Waals surface area (Å²) in [6, 6.07) is 20.2. The van der Waals surface area contributed by atoms with Crippen LogP contribution in [0.2, 0.25) is 0 Å². The van der Waals surface area contributed by atoms with Gasteiger partial charge in [0.25, 0.3) is 0 Å². The van der Waals surface area contributed by atoms with Crippen molar-refractivity contribution in [3.8, 4) is 10.6 Å². The first-order chi connectivity index (χ1) is 10.9. The van der Waals surface area contributed by atoms with Crippen molar-refractivity contribution in [2.24, 2.45) is 4.99 Å². The number of imidazole rings is 1. The lowest BCUT2D eigenvalue weighted by atomic mass is 10.2. The highest BCUT2D eigenvalue weighted by atomic mass is 32.1. The Morgan fingerprint density at radius 3 is 2.64 bits per heavy atom. The van der Waals surface area contributed by atoms with E-state index in [-0.39, 0.29) is 0 Å². The number of nitrogens with zero attached hydrogens (tertiary/aromatic N) is 3. The zero-order valence-electron chi connectivity index (χ0n) is 11.8. The van der Waals surface area contributed by atoms with Crippen LogP contribution in [0.5, 0.6) is 0 Å². The molecular weight excluding hydrogens is 290 g/mol. The highest BCUT2D eigenvalue weighted by Crippen LogP contribution is 2.33. The molecule has 0 N–H and O–H groups in total. The summed E-state index contributed by atoms with van der Waals surface area (Å²) < 4.78 is 2.02. The van der Waals surface area contributed by atoms with Crippen LogP contribution >= 0.6 is 11.3 Å². The Labute approximate surface area is 132 Å². The molecule has 0 aliphatic carbocycles. The van der Waals surface area contributed by atoms with Crippen molar-refractivity contribution in [2.45, 2.75) is 0 Å². The van der Waals surface area contributed by atoms with Gasteiger partial charge in [0.05, 0.1) is 4.88 Å². The highest BCUT2D eigenvalue weighted by Gasteiger charge is 2.13. The lowest BCUT2D eigenvalue weighted by Crippen LogP contribution is -1.84. The Bertz CT molecular complexity index is 922. The van der Waals surface area contributed by atoms with Crippen molar-refractivity contribution in [1.29, 1.82) is 0 Å². The maximum atomic E-state index is 4.73. The average Bonchev–Trinajstić information content (AvgIpc) is 3.21. The van der Waals surface area contributed by atoms with Gasteiger partial charge < -0.3 is 0 Å². The molecule has 4 rings (SSSR count). The van der Waals surface area contributed by atoms with Crippen molar-refractivity contribution < 1.29 is 0 Å². The van der Waals surface area contributed by atoms with Gasteiger partial charge in [0.1, 0.15) is 11.3 Å². The quantitative estimate of drug-likeness (QED) is 0.499. The summed E-state index contributed by atoms with van der Waals surface area (Å²) in [6.45, 7) is 0. The number of hydrogen-bond donors (Lipinski definition) is 0. The third-order valence-electron chi connectivity index (χ3n) is 3.39. The van der Waals surface area contributed by atoms with Gasteiger partial charge >= 0.3 is 0 Å². The molecule has 0 unspecified atom stereocenters. The summed E-state index contributed by atoms with van der Waals surface area (Å²) in [6.07, 6.45) is 3.88. The van der Waals surface area contributed by atoms with Crippen LogP contribution in [0.3, 0.4) is 0 Å². The van der Waals surface area contributed by atoms with E-state index in [1.54, 1.807) is 11.3 Å². The molecule has 0 radical (unpaired) electrons. The topological polar surface area (TPSA) is 29.7 Å². The molecule has 4 heteroatoms. The molecule has 0 saturated heterocycles. The Morgan fingerprint density at radius 1 is 0.955 bits per heavy atom. The number of hydrogen-bond acceptors (Lipinski definition) is 3. The number of aliphatic imine (C=N–C) groups is 1. The van der Waals surface area contributed by atoms with E-state index in [2.05, 4.69) is 11.4 Å². The van der Waals surface area contributed by atoms with Crippen LogP contribution in [-0.2, 0) is 0 Å². The van der Waals surface area contributed by atoms with Crippen LogP contribution in [0.4, 0.5) is 5.82 Å². The van der Waals surface area contributed by atoms with Crippen molar-refractivity contribution >= 4 is 29.0 Å². The van der Waals surface area contributed by atoms with Gasteiger partial charge in [-0.1, -0.05) is 42.5 Å². The standard InChI is InChI=1S/C18H13N3S/c1-2-7-14(8-3-1)13-19-18-17(15-9-6-12-22-15)20-16-10-4-5-11-21(16)18/h1-13H/b19-13+. The van der Waals surface area contributed by atoms with Crippen LogP contribution in [0.1, 0.15) is 5.56 Å². The van der Waals surface area contributed by atoms with E-state index in [0.717, 1.165) is 27.6 Å². The fourth-order valence-electron chi connectivity index (χ4n) is 2.36. The Morgan fingerprint density at radius 2 is 1.82 bits per heavy atom. The molecule has 0 aliphatic heterocycles. The molecule has 106 valence electrons. The molecule has 0 amide bonds. The number of benzene rings is 1. The highest BCUT2D eigenvalue weighted by molar-refractivity contribution is 7.13. The summed E-state index contributed by atoms with van der Waals surface area (Å²) in [5.41, 5.74) is 2.91. The van der Waals surface area contributed by atoms with Crippen molar-refractivity contribution in [3.63, 3.8) is 0 Å². The average molecular weight is 303 g/mol. The largest absolute Gasteiger partial charge is 0.284 e. The molecule has 22 heavy (non-hydrogen) atoms. The maximum Gasteiger partial charge on any atom is 0.165 e. The van der Waals surface area contributed by atoms with Gasteiger partial charge in [-0.3, -0.25) is 4.40 Å². The van der Waals surface area contributed by atoms with Gasteiger partial charge in [0, 0.05) is 12.4 Å². The minimum Gasteiger partial charge on any atom is -0.284 e. The fraction of sp³-hybridized carbons (Fsp3) is 0. The Kier molecular flexibility index (Phi) is 3.29. The maximum absolute atomic E-state index is 4.73. The van der Waals surface area contributed by atoms with E-state index < -0.39 is 0 Å². The SMILES string of the molecule is C(=N\c1c(-c2cccs2)nc2ccccn12)/c1ccccc1. The van der Waals surface area contributed by atoms with Crippen LogP contribution < -0.4 is 0 Å². The van der Waals surface area contributed by atoms with Crippen LogP contribution in [0, 0.1) is 0 Å². The van der Waals surface area contributed by atoms with Gasteiger partial charge in [0.2, 0.25) is 0 Å². The molecular formula is C18H13N3S. The van der Waals surface area contributed by atoms with Crippen LogP contribution in [0.25, 0.3) is 16.2 Å².